The second-order valence-electron chi connectivity index (χ2n) is 5.38. The van der Waals surface area contributed by atoms with Gasteiger partial charge in [0.1, 0.15) is 13.2 Å². The zero-order chi connectivity index (χ0) is 15.4. The highest BCUT2D eigenvalue weighted by Crippen LogP contribution is 2.24. The Balaban J connectivity index is 4.05. The lowest BCUT2D eigenvalue weighted by Crippen LogP contribution is -2.35. The second kappa shape index (κ2) is 10.3. The number of primary amides is 1. The molecule has 2 amide bonds. The molecule has 0 rings (SSSR count). The Labute approximate surface area is 121 Å². The normalized spacial score (nSPS) is 13.3. The number of rotatable bonds is 10. The summed E-state index contributed by atoms with van der Waals surface area (Å²) in [6.45, 7) is 7.01. The Morgan fingerprint density at radius 3 is 2.30 bits per heavy atom. The van der Waals surface area contributed by atoms with Crippen molar-refractivity contribution < 1.29 is 19.1 Å². The van der Waals surface area contributed by atoms with Crippen molar-refractivity contribution in [1.82, 2.24) is 5.32 Å². The molecule has 0 aliphatic carbocycles. The number of alkyl carbamates (subject to hydrolysis) is 1. The van der Waals surface area contributed by atoms with Crippen molar-refractivity contribution in [2.45, 2.75) is 52.9 Å². The van der Waals surface area contributed by atoms with E-state index in [-0.39, 0.29) is 13.2 Å². The van der Waals surface area contributed by atoms with Crippen molar-refractivity contribution in [3.63, 3.8) is 0 Å². The number of unbranched alkanes of at least 4 members (excludes halogenated alkanes) is 2. The third-order valence-corrected chi connectivity index (χ3v) is 3.02. The maximum absolute atomic E-state index is 11.5. The minimum Gasteiger partial charge on any atom is -0.449 e. The predicted octanol–water partition coefficient (Wildman–Crippen LogP) is 2.80. The van der Waals surface area contributed by atoms with Gasteiger partial charge in [0, 0.05) is 12.0 Å². The highest BCUT2D eigenvalue weighted by molar-refractivity contribution is 5.67. The summed E-state index contributed by atoms with van der Waals surface area (Å²) in [6, 6.07) is 0. The smallest absolute Gasteiger partial charge is 0.407 e. The summed E-state index contributed by atoms with van der Waals surface area (Å²) in [5, 5.41) is 2.70. The molecule has 0 saturated heterocycles. The Morgan fingerprint density at radius 1 is 1.10 bits per heavy atom. The molecule has 0 saturated carbocycles. The third kappa shape index (κ3) is 9.47. The quantitative estimate of drug-likeness (QED) is 0.605. The van der Waals surface area contributed by atoms with Gasteiger partial charge < -0.3 is 20.5 Å². The van der Waals surface area contributed by atoms with Gasteiger partial charge in [-0.1, -0.05) is 40.0 Å². The predicted molar refractivity (Wildman–Crippen MR) is 77.4 cm³/mol. The summed E-state index contributed by atoms with van der Waals surface area (Å²) in [4.78, 5) is 22.2. The molecule has 0 aromatic rings. The van der Waals surface area contributed by atoms with E-state index in [1.165, 1.54) is 0 Å². The van der Waals surface area contributed by atoms with E-state index in [0.29, 0.717) is 6.54 Å². The van der Waals surface area contributed by atoms with E-state index in [4.69, 9.17) is 15.2 Å². The molecule has 1 unspecified atom stereocenters. The van der Waals surface area contributed by atoms with Crippen LogP contribution in [0.5, 0.6) is 0 Å². The first-order valence-electron chi connectivity index (χ1n) is 7.26. The maximum atomic E-state index is 11.5. The molecule has 6 heteroatoms. The first-order valence-corrected chi connectivity index (χ1v) is 7.26. The van der Waals surface area contributed by atoms with Gasteiger partial charge in [0.05, 0.1) is 0 Å². The van der Waals surface area contributed by atoms with Crippen molar-refractivity contribution in [3.05, 3.63) is 0 Å². The lowest BCUT2D eigenvalue weighted by Gasteiger charge is -2.27. The van der Waals surface area contributed by atoms with E-state index in [2.05, 4.69) is 12.2 Å². The van der Waals surface area contributed by atoms with Gasteiger partial charge in [-0.2, -0.15) is 0 Å². The summed E-state index contributed by atoms with van der Waals surface area (Å²) in [6.07, 6.45) is 3.58. The van der Waals surface area contributed by atoms with Crippen LogP contribution in [0.4, 0.5) is 9.59 Å². The summed E-state index contributed by atoms with van der Waals surface area (Å²) >= 11 is 0. The van der Waals surface area contributed by atoms with Crippen molar-refractivity contribution >= 4 is 12.2 Å². The van der Waals surface area contributed by atoms with Crippen LogP contribution in [-0.4, -0.2) is 31.9 Å². The van der Waals surface area contributed by atoms with Gasteiger partial charge in [0.2, 0.25) is 0 Å². The topological polar surface area (TPSA) is 90.7 Å². The summed E-state index contributed by atoms with van der Waals surface area (Å²) in [5.41, 5.74) is 4.57. The Kier molecular flexibility index (Phi) is 9.59. The molecule has 0 fully saturated rings. The fourth-order valence-corrected chi connectivity index (χ4v) is 1.89. The molecule has 118 valence electrons. The largest absolute Gasteiger partial charge is 0.449 e. The van der Waals surface area contributed by atoms with Crippen LogP contribution in [0.3, 0.4) is 0 Å². The Bertz CT molecular complexity index is 297. The molecular formula is C14H28N2O4. The van der Waals surface area contributed by atoms with E-state index >= 15 is 0 Å². The second-order valence-corrected chi connectivity index (χ2v) is 5.38. The molecular weight excluding hydrogens is 260 g/mol. The van der Waals surface area contributed by atoms with Crippen molar-refractivity contribution in [2.24, 2.45) is 11.1 Å². The average molecular weight is 288 g/mol. The van der Waals surface area contributed by atoms with Gasteiger partial charge in [0.25, 0.3) is 0 Å². The molecule has 0 radical (unpaired) electrons. The first-order chi connectivity index (χ1) is 9.43. The molecule has 0 heterocycles. The molecule has 0 aromatic carbocycles. The third-order valence-electron chi connectivity index (χ3n) is 3.02. The number of hydrogen-bond acceptors (Lipinski definition) is 4. The van der Waals surface area contributed by atoms with Crippen LogP contribution in [0, 0.1) is 5.41 Å². The number of nitrogens with two attached hydrogens (primary N) is 1. The zero-order valence-corrected chi connectivity index (χ0v) is 12.9. The van der Waals surface area contributed by atoms with Gasteiger partial charge in [-0.25, -0.2) is 9.59 Å². The van der Waals surface area contributed by atoms with E-state index in [9.17, 15) is 9.59 Å². The van der Waals surface area contributed by atoms with Gasteiger partial charge in [-0.05, 0) is 12.8 Å². The molecule has 0 aromatic heterocycles. The van der Waals surface area contributed by atoms with Crippen molar-refractivity contribution in [1.29, 1.82) is 0 Å². The fraction of sp³-hybridized carbons (Fsp3) is 0.857. The highest BCUT2D eigenvalue weighted by atomic mass is 16.6. The van der Waals surface area contributed by atoms with Crippen molar-refractivity contribution in [2.75, 3.05) is 19.8 Å². The molecule has 20 heavy (non-hydrogen) atoms. The van der Waals surface area contributed by atoms with Crippen LogP contribution in [0.1, 0.15) is 52.9 Å². The van der Waals surface area contributed by atoms with Crippen molar-refractivity contribution in [3.8, 4) is 0 Å². The number of hydrogen-bond donors (Lipinski definition) is 2. The fourth-order valence-electron chi connectivity index (χ4n) is 1.89. The lowest BCUT2D eigenvalue weighted by molar-refractivity contribution is 0.0338. The number of nitrogens with one attached hydrogen (secondary N) is 1. The standard InChI is InChI=1S/C14H28N2O4/c1-4-6-7-9-16-13(18)20-11-14(3,8-5-2)10-19-12(15)17/h4-11H2,1-3H3,(H2,15,17)(H,16,18). The average Bonchev–Trinajstić information content (AvgIpc) is 2.40. The molecule has 0 spiro atoms. The Morgan fingerprint density at radius 2 is 1.75 bits per heavy atom. The lowest BCUT2D eigenvalue weighted by atomic mass is 9.87. The zero-order valence-electron chi connectivity index (χ0n) is 12.9. The summed E-state index contributed by atoms with van der Waals surface area (Å²) in [7, 11) is 0. The van der Waals surface area contributed by atoms with Gasteiger partial charge >= 0.3 is 12.2 Å². The maximum Gasteiger partial charge on any atom is 0.407 e. The summed E-state index contributed by atoms with van der Waals surface area (Å²) in [5.74, 6) is 0. The van der Waals surface area contributed by atoms with E-state index in [0.717, 1.165) is 32.1 Å². The highest BCUT2D eigenvalue weighted by Gasteiger charge is 2.27. The van der Waals surface area contributed by atoms with Crippen LogP contribution in [0.25, 0.3) is 0 Å². The van der Waals surface area contributed by atoms with Crippen LogP contribution in [-0.2, 0) is 9.47 Å². The SMILES string of the molecule is CCCCCNC(=O)OCC(C)(CCC)COC(N)=O. The van der Waals surface area contributed by atoms with Crippen LogP contribution in [0.15, 0.2) is 0 Å². The molecule has 6 nitrogen and oxygen atoms in total. The number of amides is 2. The molecule has 1 atom stereocenters. The molecule has 0 aliphatic rings. The minimum atomic E-state index is -0.809. The number of ether oxygens (including phenoxy) is 2. The van der Waals surface area contributed by atoms with Crippen LogP contribution in [0.2, 0.25) is 0 Å². The van der Waals surface area contributed by atoms with E-state index < -0.39 is 17.6 Å². The number of carbonyl (C=O) groups is 2. The Hall–Kier alpha value is -1.46. The summed E-state index contributed by atoms with van der Waals surface area (Å²) < 4.78 is 10.0. The monoisotopic (exact) mass is 288 g/mol. The van der Waals surface area contributed by atoms with E-state index in [1.807, 2.05) is 13.8 Å². The van der Waals surface area contributed by atoms with E-state index in [1.54, 1.807) is 0 Å². The molecule has 0 bridgehead atoms. The van der Waals surface area contributed by atoms with Gasteiger partial charge in [-0.3, -0.25) is 0 Å². The van der Waals surface area contributed by atoms with Gasteiger partial charge in [0.15, 0.2) is 0 Å². The minimum absolute atomic E-state index is 0.152. The van der Waals surface area contributed by atoms with Crippen LogP contribution < -0.4 is 11.1 Å². The van der Waals surface area contributed by atoms with Crippen LogP contribution >= 0.6 is 0 Å². The number of carbonyl (C=O) groups excluding carboxylic acids is 2. The molecule has 3 N–H and O–H groups in total. The van der Waals surface area contributed by atoms with Gasteiger partial charge in [-0.15, -0.1) is 0 Å². The first kappa shape index (κ1) is 18.5. The molecule has 0 aliphatic heterocycles.